The molecule has 1 fully saturated rings. The molecular formula is C14H14FNO2. The van der Waals surface area contributed by atoms with Crippen LogP contribution in [0.3, 0.4) is 0 Å². The predicted octanol–water partition coefficient (Wildman–Crippen LogP) is 2.14. The van der Waals surface area contributed by atoms with Gasteiger partial charge in [-0.25, -0.2) is 4.39 Å². The molecule has 0 radical (unpaired) electrons. The molecule has 1 aromatic carbocycles. The molecule has 3 rings (SSSR count). The summed E-state index contributed by atoms with van der Waals surface area (Å²) in [5, 5.41) is 9.84. The third kappa shape index (κ3) is 1.82. The fourth-order valence-electron chi connectivity index (χ4n) is 2.77. The number of fused-ring (bicyclic) bond motifs is 1. The van der Waals surface area contributed by atoms with Crippen molar-refractivity contribution in [3.8, 4) is 0 Å². The minimum atomic E-state index is -0.530. The maximum absolute atomic E-state index is 12.9. The van der Waals surface area contributed by atoms with Crippen LogP contribution in [0.2, 0.25) is 0 Å². The second-order valence-corrected chi connectivity index (χ2v) is 4.79. The molecule has 2 heterocycles. The molecule has 3 nitrogen and oxygen atoms in total. The first-order valence-electron chi connectivity index (χ1n) is 6.11. The van der Waals surface area contributed by atoms with Gasteiger partial charge in [0.05, 0.1) is 12.1 Å². The number of aliphatic hydroxyl groups is 1. The van der Waals surface area contributed by atoms with Crippen molar-refractivity contribution in [2.75, 3.05) is 0 Å². The molecule has 2 atom stereocenters. The molecule has 0 bridgehead atoms. The van der Waals surface area contributed by atoms with Gasteiger partial charge in [-0.05, 0) is 30.2 Å². The number of rotatable bonds is 1. The lowest BCUT2D eigenvalue weighted by atomic mass is 9.95. The highest BCUT2D eigenvalue weighted by Gasteiger charge is 2.37. The summed E-state index contributed by atoms with van der Waals surface area (Å²) in [5.74, 6) is -0.207. The molecule has 1 N–H and O–H groups in total. The molecule has 2 unspecified atom stereocenters. The quantitative estimate of drug-likeness (QED) is 0.826. The highest BCUT2D eigenvalue weighted by atomic mass is 19.1. The lowest BCUT2D eigenvalue weighted by molar-refractivity contribution is -0.129. The first-order chi connectivity index (χ1) is 8.65. The first-order valence-corrected chi connectivity index (χ1v) is 6.11. The number of carbonyl (C=O) groups excluding carboxylic acids is 1. The summed E-state index contributed by atoms with van der Waals surface area (Å²) in [6, 6.07) is 5.97. The average molecular weight is 247 g/mol. The predicted molar refractivity (Wildman–Crippen MR) is 63.9 cm³/mol. The van der Waals surface area contributed by atoms with Crippen LogP contribution in [-0.2, 0) is 4.79 Å². The van der Waals surface area contributed by atoms with Crippen LogP contribution in [-0.4, -0.2) is 22.0 Å². The number of aliphatic hydroxyl groups excluding tert-OH is 1. The molecule has 1 aromatic rings. The third-order valence-electron chi connectivity index (χ3n) is 3.59. The summed E-state index contributed by atoms with van der Waals surface area (Å²) in [5.41, 5.74) is 1.77. The average Bonchev–Trinajstić information content (AvgIpc) is 2.71. The Labute approximate surface area is 105 Å². The van der Waals surface area contributed by atoms with Crippen LogP contribution in [0.5, 0.6) is 0 Å². The van der Waals surface area contributed by atoms with Gasteiger partial charge in [0.15, 0.2) is 0 Å². The summed E-state index contributed by atoms with van der Waals surface area (Å²) >= 11 is 0. The third-order valence-corrected chi connectivity index (χ3v) is 3.59. The number of carbonyl (C=O) groups is 1. The summed E-state index contributed by atoms with van der Waals surface area (Å²) < 4.78 is 12.9. The van der Waals surface area contributed by atoms with Gasteiger partial charge in [0.1, 0.15) is 5.82 Å². The highest BCUT2D eigenvalue weighted by Crippen LogP contribution is 2.39. The molecule has 1 amide bonds. The largest absolute Gasteiger partial charge is 0.389 e. The molecule has 4 heteroatoms. The van der Waals surface area contributed by atoms with Crippen molar-refractivity contribution in [3.05, 3.63) is 47.4 Å². The smallest absolute Gasteiger partial charge is 0.227 e. The Morgan fingerprint density at radius 3 is 2.67 bits per heavy atom. The van der Waals surface area contributed by atoms with Gasteiger partial charge in [0.2, 0.25) is 5.91 Å². The lowest BCUT2D eigenvalue weighted by Gasteiger charge is -2.34. The zero-order chi connectivity index (χ0) is 12.7. The Hall–Kier alpha value is -1.68. The van der Waals surface area contributed by atoms with Gasteiger partial charge >= 0.3 is 0 Å². The van der Waals surface area contributed by atoms with Crippen LogP contribution in [0, 0.1) is 5.82 Å². The summed E-state index contributed by atoms with van der Waals surface area (Å²) in [6.07, 6.45) is 2.88. The normalized spacial score (nSPS) is 27.1. The van der Waals surface area contributed by atoms with Crippen molar-refractivity contribution < 1.29 is 14.3 Å². The summed E-state index contributed by atoms with van der Waals surface area (Å²) in [4.78, 5) is 13.6. The molecule has 2 aliphatic rings. The number of nitrogens with zero attached hydrogens (tertiary/aromatic N) is 1. The van der Waals surface area contributed by atoms with Gasteiger partial charge in [0, 0.05) is 18.5 Å². The van der Waals surface area contributed by atoms with Crippen molar-refractivity contribution in [1.82, 2.24) is 4.90 Å². The maximum Gasteiger partial charge on any atom is 0.227 e. The number of hydrogen-bond acceptors (Lipinski definition) is 2. The molecule has 0 aliphatic carbocycles. The first kappa shape index (κ1) is 11.4. The van der Waals surface area contributed by atoms with E-state index >= 15 is 0 Å². The van der Waals surface area contributed by atoms with E-state index in [0.29, 0.717) is 19.3 Å². The topological polar surface area (TPSA) is 40.5 Å². The van der Waals surface area contributed by atoms with E-state index in [-0.39, 0.29) is 17.8 Å². The van der Waals surface area contributed by atoms with Gasteiger partial charge < -0.3 is 10.0 Å². The molecule has 18 heavy (non-hydrogen) atoms. The van der Waals surface area contributed by atoms with E-state index in [9.17, 15) is 14.3 Å². The van der Waals surface area contributed by atoms with Crippen molar-refractivity contribution in [2.45, 2.75) is 31.4 Å². The molecule has 2 aliphatic heterocycles. The summed E-state index contributed by atoms with van der Waals surface area (Å²) in [7, 11) is 0. The Balaban J connectivity index is 1.98. The Morgan fingerprint density at radius 2 is 1.94 bits per heavy atom. The van der Waals surface area contributed by atoms with Gasteiger partial charge in [-0.3, -0.25) is 4.79 Å². The number of benzene rings is 1. The van der Waals surface area contributed by atoms with Gasteiger partial charge in [-0.2, -0.15) is 0 Å². The van der Waals surface area contributed by atoms with E-state index in [1.807, 2.05) is 0 Å². The van der Waals surface area contributed by atoms with Crippen molar-refractivity contribution in [1.29, 1.82) is 0 Å². The van der Waals surface area contributed by atoms with Crippen LogP contribution in [0.25, 0.3) is 0 Å². The number of hydrogen-bond donors (Lipinski definition) is 1. The fourth-order valence-corrected chi connectivity index (χ4v) is 2.77. The monoisotopic (exact) mass is 247 g/mol. The number of allylic oxidation sites excluding steroid dienone is 1. The van der Waals surface area contributed by atoms with Gasteiger partial charge in [-0.15, -0.1) is 0 Å². The second-order valence-electron chi connectivity index (χ2n) is 4.79. The van der Waals surface area contributed by atoms with Crippen molar-refractivity contribution >= 4 is 5.91 Å². The highest BCUT2D eigenvalue weighted by molar-refractivity contribution is 5.82. The molecule has 0 saturated carbocycles. The van der Waals surface area contributed by atoms with Crippen molar-refractivity contribution in [2.24, 2.45) is 0 Å². The van der Waals surface area contributed by atoms with Gasteiger partial charge in [0.25, 0.3) is 0 Å². The zero-order valence-electron chi connectivity index (χ0n) is 9.84. The minimum absolute atomic E-state index is 0.0856. The van der Waals surface area contributed by atoms with E-state index in [0.717, 1.165) is 11.3 Å². The Kier molecular flexibility index (Phi) is 2.67. The van der Waals surface area contributed by atoms with Crippen LogP contribution in [0.4, 0.5) is 4.39 Å². The lowest BCUT2D eigenvalue weighted by Crippen LogP contribution is -2.34. The molecule has 1 saturated heterocycles. The van der Waals surface area contributed by atoms with E-state index in [1.165, 1.54) is 12.1 Å². The SMILES string of the molecule is O=C1CCC2=CC(O)CC(c3ccc(F)cc3)N12. The number of amides is 1. The van der Waals surface area contributed by atoms with Gasteiger partial charge in [-0.1, -0.05) is 12.1 Å². The Bertz CT molecular complexity index is 509. The zero-order valence-corrected chi connectivity index (χ0v) is 9.84. The summed E-state index contributed by atoms with van der Waals surface area (Å²) in [6.45, 7) is 0. The standard InChI is InChI=1S/C14H14FNO2/c15-10-3-1-9(2-4-10)13-8-12(17)7-11-5-6-14(18)16(11)13/h1-4,7,12-13,17H,5-6,8H2. The number of halogens is 1. The van der Waals surface area contributed by atoms with Crippen molar-refractivity contribution in [3.63, 3.8) is 0 Å². The van der Waals surface area contributed by atoms with Crippen LogP contribution < -0.4 is 0 Å². The van der Waals surface area contributed by atoms with Crippen LogP contribution in [0.1, 0.15) is 30.9 Å². The second kappa shape index (κ2) is 4.21. The van der Waals surface area contributed by atoms with E-state index in [4.69, 9.17) is 0 Å². The molecule has 0 aromatic heterocycles. The molecule has 94 valence electrons. The van der Waals surface area contributed by atoms with E-state index in [1.54, 1.807) is 23.1 Å². The fraction of sp³-hybridized carbons (Fsp3) is 0.357. The molecular weight excluding hydrogens is 233 g/mol. The Morgan fingerprint density at radius 1 is 1.22 bits per heavy atom. The van der Waals surface area contributed by atoms with E-state index < -0.39 is 6.10 Å². The minimum Gasteiger partial charge on any atom is -0.389 e. The maximum atomic E-state index is 12.9. The van der Waals surface area contributed by atoms with E-state index in [2.05, 4.69) is 0 Å². The van der Waals surface area contributed by atoms with Crippen LogP contribution in [0.15, 0.2) is 36.0 Å². The van der Waals surface area contributed by atoms with Crippen LogP contribution >= 0.6 is 0 Å². The molecule has 0 spiro atoms.